The second-order valence-corrected chi connectivity index (χ2v) is 16.8. The van der Waals surface area contributed by atoms with Gasteiger partial charge in [0.1, 0.15) is 6.04 Å². The lowest BCUT2D eigenvalue weighted by Gasteiger charge is -2.35. The average molecular weight is 741 g/mol. The Bertz CT molecular complexity index is 1710. The molecule has 1 aliphatic rings. The minimum absolute atomic E-state index is 0.0288. The fraction of sp³-hybridized carbons (Fsp3) is 0.514. The molecule has 14 heteroatoms. The molecular weight excluding hydrogens is 689 g/mol. The first-order valence-corrected chi connectivity index (χ1v) is 19.9. The number of carbonyl (C=O) groups excluding carboxylic acids is 2. The first-order chi connectivity index (χ1) is 24.2. The molecule has 0 spiro atoms. The Kier molecular flexibility index (Phi) is 14.1. The Morgan fingerprint density at radius 2 is 1.75 bits per heavy atom. The summed E-state index contributed by atoms with van der Waals surface area (Å²) in [5.74, 6) is -0.346. The Morgan fingerprint density at radius 3 is 2.33 bits per heavy atom. The van der Waals surface area contributed by atoms with Crippen LogP contribution in [0.1, 0.15) is 75.7 Å². The zero-order chi connectivity index (χ0) is 37.3. The largest absolute Gasteiger partial charge is 0.411 e. The highest BCUT2D eigenvalue weighted by molar-refractivity contribution is 7.89. The second kappa shape index (κ2) is 18.1. The minimum Gasteiger partial charge on any atom is -0.411 e. The minimum atomic E-state index is -4.06. The number of carbonyl (C=O) groups is 2. The van der Waals surface area contributed by atoms with E-state index in [9.17, 15) is 23.1 Å². The summed E-state index contributed by atoms with van der Waals surface area (Å²) in [6, 6.07) is 13.4. The molecule has 278 valence electrons. The van der Waals surface area contributed by atoms with E-state index in [0.717, 1.165) is 16.3 Å². The van der Waals surface area contributed by atoms with Crippen LogP contribution in [-0.2, 0) is 27.8 Å². The Morgan fingerprint density at radius 1 is 1.06 bits per heavy atom. The number of nitrogens with one attached hydrogen (secondary N) is 1. The van der Waals surface area contributed by atoms with Crippen LogP contribution in [0.15, 0.2) is 70.0 Å². The van der Waals surface area contributed by atoms with Gasteiger partial charge in [0.05, 0.1) is 40.5 Å². The monoisotopic (exact) mass is 740 g/mol. The molecule has 4 atom stereocenters. The van der Waals surface area contributed by atoms with Gasteiger partial charge in [-0.2, -0.15) is 4.31 Å². The first-order valence-electron chi connectivity index (χ1n) is 17.5. The molecule has 51 heavy (non-hydrogen) atoms. The number of aromatic nitrogens is 1. The molecule has 12 nitrogen and oxygen atoms in total. The van der Waals surface area contributed by atoms with Crippen molar-refractivity contribution in [1.29, 1.82) is 0 Å². The SMILES string of the molecule is CCC(C)[C@@H](C(=O)N[C@@H](Cc1ccccc1)[C@H](O)CN(CC(C)C)S(=O)(=O)c1ccc(/C=N/O)cc1)N1CCN(Cc2csc(C(C)C)n2)C1=O. The molecule has 1 saturated heterocycles. The molecule has 1 aliphatic heterocycles. The van der Waals surface area contributed by atoms with Crippen molar-refractivity contribution in [3.63, 3.8) is 0 Å². The van der Waals surface area contributed by atoms with Gasteiger partial charge < -0.3 is 25.4 Å². The summed E-state index contributed by atoms with van der Waals surface area (Å²) in [7, 11) is -4.06. The number of urea groups is 1. The highest BCUT2D eigenvalue weighted by atomic mass is 32.2. The van der Waals surface area contributed by atoms with Gasteiger partial charge in [-0.25, -0.2) is 18.2 Å². The van der Waals surface area contributed by atoms with E-state index in [0.29, 0.717) is 37.5 Å². The summed E-state index contributed by atoms with van der Waals surface area (Å²) in [5.41, 5.74) is 2.20. The van der Waals surface area contributed by atoms with Crippen LogP contribution in [-0.4, -0.2) is 100 Å². The van der Waals surface area contributed by atoms with Gasteiger partial charge in [-0.3, -0.25) is 4.79 Å². The predicted molar refractivity (Wildman–Crippen MR) is 199 cm³/mol. The van der Waals surface area contributed by atoms with Crippen molar-refractivity contribution < 1.29 is 28.3 Å². The first kappa shape index (κ1) is 39.9. The molecule has 0 saturated carbocycles. The molecule has 3 N–H and O–H groups in total. The lowest BCUT2D eigenvalue weighted by molar-refractivity contribution is -0.128. The van der Waals surface area contributed by atoms with Gasteiger partial charge in [0.15, 0.2) is 0 Å². The van der Waals surface area contributed by atoms with Crippen LogP contribution in [0.25, 0.3) is 0 Å². The molecule has 1 fully saturated rings. The normalized spacial score (nSPS) is 16.4. The second-order valence-electron chi connectivity index (χ2n) is 14.0. The topological polar surface area (TPSA) is 156 Å². The maximum atomic E-state index is 14.3. The third kappa shape index (κ3) is 10.4. The number of sulfonamides is 1. The van der Waals surface area contributed by atoms with Crippen LogP contribution in [0.2, 0.25) is 0 Å². The highest BCUT2D eigenvalue weighted by Gasteiger charge is 2.41. The molecule has 0 bridgehead atoms. The van der Waals surface area contributed by atoms with Crippen molar-refractivity contribution in [3.05, 3.63) is 81.8 Å². The molecule has 0 radical (unpaired) electrons. The van der Waals surface area contributed by atoms with Crippen LogP contribution < -0.4 is 5.32 Å². The number of amides is 3. The number of oxime groups is 1. The maximum absolute atomic E-state index is 14.3. The molecule has 3 aromatic rings. The summed E-state index contributed by atoms with van der Waals surface area (Å²) < 4.78 is 29.1. The summed E-state index contributed by atoms with van der Waals surface area (Å²) >= 11 is 1.58. The van der Waals surface area contributed by atoms with E-state index in [2.05, 4.69) is 29.3 Å². The van der Waals surface area contributed by atoms with Crippen LogP contribution in [0.4, 0.5) is 4.79 Å². The van der Waals surface area contributed by atoms with Crippen molar-refractivity contribution >= 4 is 39.5 Å². The van der Waals surface area contributed by atoms with Gasteiger partial charge in [0, 0.05) is 37.5 Å². The van der Waals surface area contributed by atoms with E-state index in [1.807, 2.05) is 63.4 Å². The van der Waals surface area contributed by atoms with E-state index in [1.54, 1.807) is 21.1 Å². The fourth-order valence-electron chi connectivity index (χ4n) is 6.17. The van der Waals surface area contributed by atoms with Gasteiger partial charge >= 0.3 is 6.03 Å². The molecule has 1 aromatic heterocycles. The lowest BCUT2D eigenvalue weighted by Crippen LogP contribution is -2.57. The van der Waals surface area contributed by atoms with Crippen LogP contribution in [0, 0.1) is 11.8 Å². The Hall–Kier alpha value is -3.85. The molecule has 2 aromatic carbocycles. The van der Waals surface area contributed by atoms with Crippen molar-refractivity contribution in [2.45, 2.75) is 89.9 Å². The number of nitrogens with zero attached hydrogens (tertiary/aromatic N) is 5. The lowest BCUT2D eigenvalue weighted by atomic mass is 9.95. The smallest absolute Gasteiger partial charge is 0.321 e. The van der Waals surface area contributed by atoms with E-state index >= 15 is 0 Å². The van der Waals surface area contributed by atoms with E-state index < -0.39 is 34.1 Å². The van der Waals surface area contributed by atoms with Crippen molar-refractivity contribution in [2.75, 3.05) is 26.2 Å². The van der Waals surface area contributed by atoms with Crippen molar-refractivity contribution in [1.82, 2.24) is 24.4 Å². The number of aliphatic hydroxyl groups is 1. The van der Waals surface area contributed by atoms with Crippen molar-refractivity contribution in [2.24, 2.45) is 17.0 Å². The van der Waals surface area contributed by atoms with Gasteiger partial charge in [0.25, 0.3) is 0 Å². The average Bonchev–Trinajstić information content (AvgIpc) is 3.71. The summed E-state index contributed by atoms with van der Waals surface area (Å²) in [5, 5.41) is 29.7. The van der Waals surface area contributed by atoms with Crippen LogP contribution in [0.3, 0.4) is 0 Å². The molecule has 2 heterocycles. The third-order valence-corrected chi connectivity index (χ3v) is 12.1. The fourth-order valence-corrected chi connectivity index (χ4v) is 8.62. The number of aliphatic hydroxyl groups excluding tert-OH is 1. The van der Waals surface area contributed by atoms with Gasteiger partial charge in [-0.15, -0.1) is 11.3 Å². The zero-order valence-electron chi connectivity index (χ0n) is 30.3. The number of thiazole rings is 1. The van der Waals surface area contributed by atoms with Crippen LogP contribution in [0.5, 0.6) is 0 Å². The van der Waals surface area contributed by atoms with E-state index in [4.69, 9.17) is 5.21 Å². The summed E-state index contributed by atoms with van der Waals surface area (Å²) in [6.07, 6.45) is 0.799. The van der Waals surface area contributed by atoms with Gasteiger partial charge in [-0.05, 0) is 41.5 Å². The van der Waals surface area contributed by atoms with Crippen molar-refractivity contribution in [3.8, 4) is 0 Å². The molecule has 1 unspecified atom stereocenters. The third-order valence-electron chi connectivity index (χ3n) is 9.11. The number of benzene rings is 2. The summed E-state index contributed by atoms with van der Waals surface area (Å²) in [4.78, 5) is 36.1. The Labute approximate surface area is 306 Å². The standard InChI is InChI=1S/C37H52N6O6S2/c1-7-27(6)34(43-18-17-41(37(43)46)22-30-24-50-36(39-30)26(4)5)35(45)40-32(19-28-11-9-8-10-12-28)33(44)23-42(21-25(2)3)51(48,49)31-15-13-29(14-16-31)20-38-47/h8-16,20,24-27,32-34,44,47H,7,17-19,21-23H2,1-6H3,(H,40,45)/b38-20+/t27?,32-,33+,34-/m0/s1. The number of hydrogen-bond donors (Lipinski definition) is 3. The molecule has 3 amide bonds. The molecular formula is C37H52N6O6S2. The molecule has 0 aliphatic carbocycles. The zero-order valence-corrected chi connectivity index (χ0v) is 32.0. The van der Waals surface area contributed by atoms with Gasteiger partial charge in [0.2, 0.25) is 15.9 Å². The predicted octanol–water partition coefficient (Wildman–Crippen LogP) is 5.16. The van der Waals surface area contributed by atoms with Crippen LogP contribution >= 0.6 is 11.3 Å². The summed E-state index contributed by atoms with van der Waals surface area (Å²) in [6.45, 7) is 12.9. The van der Waals surface area contributed by atoms with E-state index in [1.165, 1.54) is 34.8 Å². The Balaban J connectivity index is 1.58. The van der Waals surface area contributed by atoms with E-state index in [-0.39, 0.29) is 42.3 Å². The van der Waals surface area contributed by atoms with Gasteiger partial charge in [-0.1, -0.05) is 95.6 Å². The number of hydrogen-bond acceptors (Lipinski definition) is 9. The maximum Gasteiger partial charge on any atom is 0.321 e. The molecule has 4 rings (SSSR count). The quantitative estimate of drug-likeness (QED) is 0.0925. The number of rotatable bonds is 18. The highest BCUT2D eigenvalue weighted by Crippen LogP contribution is 2.25.